The number of nitrogens with zero attached hydrogens (tertiary/aromatic N) is 1. The second-order valence-corrected chi connectivity index (χ2v) is 8.69. The van der Waals surface area contributed by atoms with Gasteiger partial charge in [0.25, 0.3) is 11.8 Å². The van der Waals surface area contributed by atoms with Crippen molar-refractivity contribution < 1.29 is 24.0 Å². The Labute approximate surface area is 197 Å². The Morgan fingerprint density at radius 2 is 1.88 bits per heavy atom. The molecule has 0 aliphatic carbocycles. The van der Waals surface area contributed by atoms with Crippen LogP contribution < -0.4 is 10.6 Å². The third-order valence-electron chi connectivity index (χ3n) is 6.04. The Bertz CT molecular complexity index is 1230. The fourth-order valence-corrected chi connectivity index (χ4v) is 4.21. The minimum absolute atomic E-state index is 0.0497. The van der Waals surface area contributed by atoms with E-state index in [4.69, 9.17) is 0 Å². The highest BCUT2D eigenvalue weighted by Crippen LogP contribution is 2.27. The maximum atomic E-state index is 12.9. The van der Waals surface area contributed by atoms with Gasteiger partial charge in [-0.25, -0.2) is 0 Å². The molecule has 2 aliphatic heterocycles. The van der Waals surface area contributed by atoms with Crippen LogP contribution in [0.5, 0.6) is 0 Å². The lowest BCUT2D eigenvalue weighted by Crippen LogP contribution is -2.54. The van der Waals surface area contributed by atoms with E-state index in [0.29, 0.717) is 17.7 Å². The maximum Gasteiger partial charge on any atom is 0.278 e. The predicted octanol–water partition coefficient (Wildman–Crippen LogP) is 2.84. The Morgan fingerprint density at radius 3 is 2.62 bits per heavy atom. The number of anilines is 1. The monoisotopic (exact) mass is 459 g/mol. The number of imide groups is 2. The molecule has 8 nitrogen and oxygen atoms in total. The van der Waals surface area contributed by atoms with Crippen molar-refractivity contribution in [2.45, 2.75) is 45.1 Å². The minimum Gasteiger partial charge on any atom is -0.351 e. The van der Waals surface area contributed by atoms with Crippen molar-refractivity contribution in [2.75, 3.05) is 5.32 Å². The number of piperidine rings is 1. The van der Waals surface area contributed by atoms with Gasteiger partial charge < -0.3 is 5.32 Å². The summed E-state index contributed by atoms with van der Waals surface area (Å²) in [5.74, 6) is -2.30. The zero-order valence-electron chi connectivity index (χ0n) is 19.0. The van der Waals surface area contributed by atoms with E-state index in [-0.39, 0.29) is 30.2 Å². The van der Waals surface area contributed by atoms with Gasteiger partial charge in [0, 0.05) is 30.2 Å². The van der Waals surface area contributed by atoms with Gasteiger partial charge >= 0.3 is 0 Å². The van der Waals surface area contributed by atoms with Crippen LogP contribution in [-0.4, -0.2) is 40.4 Å². The Kier molecular flexibility index (Phi) is 6.40. The molecular weight excluding hydrogens is 434 g/mol. The molecule has 1 fully saturated rings. The molecule has 0 radical (unpaired) electrons. The van der Waals surface area contributed by atoms with Gasteiger partial charge in [0.1, 0.15) is 11.7 Å². The Hall–Kier alpha value is -4.07. The average molecular weight is 460 g/mol. The molecule has 4 amide bonds. The number of hydrogen-bond acceptors (Lipinski definition) is 6. The van der Waals surface area contributed by atoms with Gasteiger partial charge in [0.05, 0.1) is 0 Å². The summed E-state index contributed by atoms with van der Waals surface area (Å²) in [6, 6.07) is 13.8. The highest BCUT2D eigenvalue weighted by molar-refractivity contribution is 6.20. The Balaban J connectivity index is 1.44. The molecule has 2 heterocycles. The summed E-state index contributed by atoms with van der Waals surface area (Å²) < 4.78 is 0. The molecule has 2 atom stereocenters. The van der Waals surface area contributed by atoms with Crippen molar-refractivity contribution in [3.05, 3.63) is 77.0 Å². The maximum absolute atomic E-state index is 12.9. The lowest BCUT2D eigenvalue weighted by Gasteiger charge is -2.28. The summed E-state index contributed by atoms with van der Waals surface area (Å²) in [6.07, 6.45) is 1.66. The van der Waals surface area contributed by atoms with E-state index < -0.39 is 29.7 Å². The van der Waals surface area contributed by atoms with Crippen molar-refractivity contribution in [3.8, 4) is 0 Å². The normalized spacial score (nSPS) is 19.1. The minimum atomic E-state index is -1.01. The molecule has 0 spiro atoms. The molecule has 0 bridgehead atoms. The summed E-state index contributed by atoms with van der Waals surface area (Å²) in [5.41, 5.74) is 3.25. The lowest BCUT2D eigenvalue weighted by atomic mass is 9.92. The molecule has 4 rings (SSSR count). The summed E-state index contributed by atoms with van der Waals surface area (Å²) in [5, 5.41) is 5.13. The summed E-state index contributed by atoms with van der Waals surface area (Å²) in [6.45, 7) is 3.90. The summed E-state index contributed by atoms with van der Waals surface area (Å²) in [7, 11) is 0. The van der Waals surface area contributed by atoms with Gasteiger partial charge in [0.15, 0.2) is 5.78 Å². The van der Waals surface area contributed by atoms with Gasteiger partial charge in [-0.2, -0.15) is 0 Å². The number of benzene rings is 2. The number of ketones is 1. The number of carbonyl (C=O) groups is 5. The largest absolute Gasteiger partial charge is 0.351 e. The first kappa shape index (κ1) is 23.1. The molecule has 2 aromatic carbocycles. The first-order valence-corrected chi connectivity index (χ1v) is 11.1. The van der Waals surface area contributed by atoms with Crippen LogP contribution in [0.4, 0.5) is 5.69 Å². The number of carbonyl (C=O) groups excluding carboxylic acids is 5. The van der Waals surface area contributed by atoms with E-state index in [0.717, 1.165) is 22.1 Å². The summed E-state index contributed by atoms with van der Waals surface area (Å²) in [4.78, 5) is 62.4. The highest BCUT2D eigenvalue weighted by Gasteiger charge is 2.42. The van der Waals surface area contributed by atoms with Crippen molar-refractivity contribution in [1.82, 2.24) is 10.2 Å². The number of nitrogens with one attached hydrogen (secondary N) is 2. The fourth-order valence-electron chi connectivity index (χ4n) is 4.21. The van der Waals surface area contributed by atoms with Gasteiger partial charge in [-0.15, -0.1) is 0 Å². The molecule has 0 aromatic heterocycles. The first-order chi connectivity index (χ1) is 16.2. The average Bonchev–Trinajstić information content (AvgIpc) is 3.07. The molecule has 34 heavy (non-hydrogen) atoms. The van der Waals surface area contributed by atoms with Crippen LogP contribution in [0.3, 0.4) is 0 Å². The fraction of sp³-hybridized carbons (Fsp3) is 0.269. The van der Waals surface area contributed by atoms with Crippen molar-refractivity contribution >= 4 is 35.1 Å². The van der Waals surface area contributed by atoms with Crippen molar-refractivity contribution in [2.24, 2.45) is 0 Å². The molecule has 2 aliphatic rings. The molecular formula is C26H25N3O5. The Morgan fingerprint density at radius 1 is 1.12 bits per heavy atom. The number of hydrogen-bond donors (Lipinski definition) is 2. The van der Waals surface area contributed by atoms with E-state index >= 15 is 0 Å². The molecule has 1 saturated heterocycles. The smallest absolute Gasteiger partial charge is 0.278 e. The van der Waals surface area contributed by atoms with Gasteiger partial charge in [-0.05, 0) is 43.0 Å². The van der Waals surface area contributed by atoms with Crippen molar-refractivity contribution in [1.29, 1.82) is 0 Å². The third-order valence-corrected chi connectivity index (χ3v) is 6.04. The molecule has 174 valence electrons. The molecule has 2 unspecified atom stereocenters. The number of amides is 4. The van der Waals surface area contributed by atoms with E-state index in [1.165, 1.54) is 0 Å². The lowest BCUT2D eigenvalue weighted by molar-refractivity contribution is -0.149. The van der Waals surface area contributed by atoms with E-state index in [1.54, 1.807) is 6.07 Å². The zero-order chi connectivity index (χ0) is 24.4. The van der Waals surface area contributed by atoms with Crippen LogP contribution in [-0.2, 0) is 19.2 Å². The number of rotatable bonds is 7. The van der Waals surface area contributed by atoms with Crippen LogP contribution in [0, 0.1) is 6.92 Å². The number of aryl methyl sites for hydroxylation is 1. The van der Waals surface area contributed by atoms with Crippen molar-refractivity contribution in [3.63, 3.8) is 0 Å². The second kappa shape index (κ2) is 9.43. The quantitative estimate of drug-likeness (QED) is 0.486. The van der Waals surface area contributed by atoms with Gasteiger partial charge in [-0.3, -0.25) is 34.2 Å². The van der Waals surface area contributed by atoms with E-state index in [1.807, 2.05) is 56.3 Å². The zero-order valence-corrected chi connectivity index (χ0v) is 19.0. The molecule has 0 saturated carbocycles. The topological polar surface area (TPSA) is 113 Å². The van der Waals surface area contributed by atoms with E-state index in [9.17, 15) is 24.0 Å². The third kappa shape index (κ3) is 4.80. The van der Waals surface area contributed by atoms with Crippen LogP contribution >= 0.6 is 0 Å². The summed E-state index contributed by atoms with van der Waals surface area (Å²) >= 11 is 0. The van der Waals surface area contributed by atoms with E-state index in [2.05, 4.69) is 10.6 Å². The van der Waals surface area contributed by atoms with Gasteiger partial charge in [0.2, 0.25) is 11.8 Å². The molecule has 2 aromatic rings. The second-order valence-electron chi connectivity index (χ2n) is 8.69. The van der Waals surface area contributed by atoms with Crippen LogP contribution in [0.1, 0.15) is 53.6 Å². The van der Waals surface area contributed by atoms with Gasteiger partial charge in [-0.1, -0.05) is 42.8 Å². The highest BCUT2D eigenvalue weighted by atomic mass is 16.2. The predicted molar refractivity (Wildman–Crippen MR) is 125 cm³/mol. The van der Waals surface area contributed by atoms with Crippen LogP contribution in [0.2, 0.25) is 0 Å². The SMILES string of the molecule is Cc1cccc(C(=O)CC(C)c2cccc(NC3=CC(=O)N(C4CCC(=O)NC4=O)C3=O)c2)c1. The molecule has 2 N–H and O–H groups in total. The number of Topliss-reactive ketones (excluding diaryl/α,β-unsaturated/α-hetero) is 1. The standard InChI is InChI=1S/C26H25N3O5/c1-15-5-3-7-18(11-15)22(30)12-16(2)17-6-4-8-19(13-17)27-20-14-24(32)29(26(20)34)21-9-10-23(31)28-25(21)33/h3-8,11,13-14,16,21,27H,9-10,12H2,1-2H3,(H,28,31,33). The van der Waals surface area contributed by atoms with Crippen LogP contribution in [0.15, 0.2) is 60.3 Å². The first-order valence-electron chi connectivity index (χ1n) is 11.1. The van der Waals surface area contributed by atoms with Crippen LogP contribution in [0.25, 0.3) is 0 Å². The molecule has 8 heteroatoms.